The Morgan fingerprint density at radius 2 is 2.00 bits per heavy atom. The van der Waals surface area contributed by atoms with Gasteiger partial charge < -0.3 is 10.1 Å². The molecule has 0 spiro atoms. The number of nitrogens with zero attached hydrogens (tertiary/aromatic N) is 1. The first kappa shape index (κ1) is 12.2. The zero-order valence-electron chi connectivity index (χ0n) is 10.6. The van der Waals surface area contributed by atoms with E-state index < -0.39 is 0 Å². The fourth-order valence-corrected chi connectivity index (χ4v) is 2.58. The zero-order chi connectivity index (χ0) is 13.2. The maximum atomic E-state index is 11.7. The molecule has 2 aliphatic heterocycles. The predicted molar refractivity (Wildman–Crippen MR) is 69.6 cm³/mol. The molecule has 1 saturated heterocycles. The number of nitrogens with one attached hydrogen (secondary N) is 1. The first-order valence-electron chi connectivity index (χ1n) is 6.51. The summed E-state index contributed by atoms with van der Waals surface area (Å²) in [6.07, 6.45) is 2.16. The minimum atomic E-state index is -0.260. The molecule has 0 radical (unpaired) electrons. The van der Waals surface area contributed by atoms with Crippen LogP contribution in [0.4, 0.5) is 5.69 Å². The summed E-state index contributed by atoms with van der Waals surface area (Å²) in [6.45, 7) is 1.26. The van der Waals surface area contributed by atoms with Crippen LogP contribution < -0.4 is 5.32 Å². The molecule has 1 aromatic carbocycles. The van der Waals surface area contributed by atoms with Gasteiger partial charge in [0.1, 0.15) is 13.2 Å². The number of fused-ring (bicyclic) bond motifs is 1. The fraction of sp³-hybridized carbons (Fsp3) is 0.429. The number of carbonyl (C=O) groups excluding carboxylic acids is 2. The molecular weight excluding hydrogens is 244 g/mol. The van der Waals surface area contributed by atoms with Crippen molar-refractivity contribution in [3.8, 4) is 0 Å². The predicted octanol–water partition coefficient (Wildman–Crippen LogP) is 0.930. The summed E-state index contributed by atoms with van der Waals surface area (Å²) in [5, 5.41) is 3.37. The fourth-order valence-electron chi connectivity index (χ4n) is 2.58. The SMILES string of the molecule is O=C1COCC(=O)N1Cc1cccc2c1NCCC2. The number of rotatable bonds is 2. The molecule has 1 aromatic rings. The van der Waals surface area contributed by atoms with Crippen molar-refractivity contribution < 1.29 is 14.3 Å². The van der Waals surface area contributed by atoms with Gasteiger partial charge in [0.25, 0.3) is 11.8 Å². The molecule has 1 N–H and O–H groups in total. The second kappa shape index (κ2) is 5.01. The van der Waals surface area contributed by atoms with Crippen molar-refractivity contribution in [3.05, 3.63) is 29.3 Å². The van der Waals surface area contributed by atoms with Gasteiger partial charge in [-0.3, -0.25) is 14.5 Å². The van der Waals surface area contributed by atoms with Gasteiger partial charge in [0, 0.05) is 12.2 Å². The normalized spacial score (nSPS) is 19.1. The number of imide groups is 1. The average Bonchev–Trinajstić information content (AvgIpc) is 2.43. The van der Waals surface area contributed by atoms with E-state index in [0.717, 1.165) is 30.6 Å². The molecule has 0 unspecified atom stereocenters. The molecule has 100 valence electrons. The third kappa shape index (κ3) is 2.33. The first-order valence-corrected chi connectivity index (χ1v) is 6.51. The van der Waals surface area contributed by atoms with E-state index >= 15 is 0 Å². The Morgan fingerprint density at radius 3 is 2.79 bits per heavy atom. The van der Waals surface area contributed by atoms with Crippen LogP contribution in [0.5, 0.6) is 0 Å². The van der Waals surface area contributed by atoms with Gasteiger partial charge in [-0.05, 0) is 24.0 Å². The molecule has 0 aromatic heterocycles. The highest BCUT2D eigenvalue weighted by Gasteiger charge is 2.27. The van der Waals surface area contributed by atoms with Crippen molar-refractivity contribution in [2.45, 2.75) is 19.4 Å². The molecule has 0 aliphatic carbocycles. The van der Waals surface area contributed by atoms with Crippen molar-refractivity contribution in [2.24, 2.45) is 0 Å². The van der Waals surface area contributed by atoms with Gasteiger partial charge in [0.05, 0.1) is 6.54 Å². The van der Waals surface area contributed by atoms with Gasteiger partial charge in [-0.25, -0.2) is 0 Å². The Labute approximate surface area is 111 Å². The molecule has 5 nitrogen and oxygen atoms in total. The summed E-state index contributed by atoms with van der Waals surface area (Å²) in [7, 11) is 0. The van der Waals surface area contributed by atoms with E-state index in [1.165, 1.54) is 10.5 Å². The first-order chi connectivity index (χ1) is 9.25. The van der Waals surface area contributed by atoms with E-state index in [4.69, 9.17) is 4.74 Å². The van der Waals surface area contributed by atoms with Crippen LogP contribution >= 0.6 is 0 Å². The summed E-state index contributed by atoms with van der Waals surface area (Å²) < 4.78 is 4.92. The third-order valence-corrected chi connectivity index (χ3v) is 3.54. The number of hydrogen-bond donors (Lipinski definition) is 1. The Bertz CT molecular complexity index is 511. The average molecular weight is 260 g/mol. The van der Waals surface area contributed by atoms with Gasteiger partial charge in [0.15, 0.2) is 0 Å². The monoisotopic (exact) mass is 260 g/mol. The van der Waals surface area contributed by atoms with Crippen LogP contribution in [0.25, 0.3) is 0 Å². The second-order valence-electron chi connectivity index (χ2n) is 4.85. The van der Waals surface area contributed by atoms with Crippen LogP contribution in [0.3, 0.4) is 0 Å². The molecular formula is C14H16N2O3. The highest BCUT2D eigenvalue weighted by Crippen LogP contribution is 2.27. The number of ether oxygens (including phenoxy) is 1. The molecule has 0 saturated carbocycles. The number of para-hydroxylation sites is 1. The minimum absolute atomic E-state index is 0.00576. The van der Waals surface area contributed by atoms with Crippen molar-refractivity contribution in [2.75, 3.05) is 25.1 Å². The summed E-state index contributed by atoms with van der Waals surface area (Å²) >= 11 is 0. The van der Waals surface area contributed by atoms with Crippen LogP contribution in [0.1, 0.15) is 17.5 Å². The molecule has 2 amide bonds. The second-order valence-corrected chi connectivity index (χ2v) is 4.85. The number of benzene rings is 1. The van der Waals surface area contributed by atoms with Crippen molar-refractivity contribution in [1.82, 2.24) is 4.90 Å². The standard InChI is InChI=1S/C14H16N2O3/c17-12-8-19-9-13(18)16(12)7-11-4-1-3-10-5-2-6-15-14(10)11/h1,3-4,15H,2,5-9H2. The Balaban J connectivity index is 1.86. The van der Waals surface area contributed by atoms with Gasteiger partial charge in [-0.2, -0.15) is 0 Å². The highest BCUT2D eigenvalue weighted by molar-refractivity contribution is 5.98. The van der Waals surface area contributed by atoms with Gasteiger partial charge in [-0.1, -0.05) is 18.2 Å². The minimum Gasteiger partial charge on any atom is -0.385 e. The number of hydrogen-bond acceptors (Lipinski definition) is 4. The van der Waals surface area contributed by atoms with Crippen LogP contribution in [-0.2, 0) is 27.3 Å². The van der Waals surface area contributed by atoms with Crippen molar-refractivity contribution >= 4 is 17.5 Å². The molecule has 2 aliphatic rings. The van der Waals surface area contributed by atoms with Crippen molar-refractivity contribution in [1.29, 1.82) is 0 Å². The maximum absolute atomic E-state index is 11.7. The zero-order valence-corrected chi connectivity index (χ0v) is 10.6. The maximum Gasteiger partial charge on any atom is 0.255 e. The summed E-state index contributed by atoms with van der Waals surface area (Å²) in [5.41, 5.74) is 3.35. The molecule has 2 heterocycles. The van der Waals surface area contributed by atoms with Crippen LogP contribution in [0, 0.1) is 0 Å². The van der Waals surface area contributed by atoms with Crippen LogP contribution in [0.15, 0.2) is 18.2 Å². The lowest BCUT2D eigenvalue weighted by molar-refractivity contribution is -0.159. The molecule has 1 fully saturated rings. The van der Waals surface area contributed by atoms with E-state index in [-0.39, 0.29) is 25.0 Å². The molecule has 3 rings (SSSR count). The number of aryl methyl sites for hydroxylation is 1. The van der Waals surface area contributed by atoms with E-state index in [0.29, 0.717) is 6.54 Å². The molecule has 0 atom stereocenters. The number of amides is 2. The highest BCUT2D eigenvalue weighted by atomic mass is 16.5. The topological polar surface area (TPSA) is 58.6 Å². The molecule has 5 heteroatoms. The van der Waals surface area contributed by atoms with Crippen molar-refractivity contribution in [3.63, 3.8) is 0 Å². The van der Waals surface area contributed by atoms with E-state index in [1.54, 1.807) is 0 Å². The lowest BCUT2D eigenvalue weighted by atomic mass is 9.99. The van der Waals surface area contributed by atoms with E-state index in [2.05, 4.69) is 11.4 Å². The lowest BCUT2D eigenvalue weighted by Gasteiger charge is -2.27. The van der Waals surface area contributed by atoms with Crippen LogP contribution in [0.2, 0.25) is 0 Å². The Hall–Kier alpha value is -1.88. The van der Waals surface area contributed by atoms with E-state index in [1.807, 2.05) is 12.1 Å². The molecule has 0 bridgehead atoms. The third-order valence-electron chi connectivity index (χ3n) is 3.54. The largest absolute Gasteiger partial charge is 0.385 e. The summed E-state index contributed by atoms with van der Waals surface area (Å²) in [6, 6.07) is 6.04. The van der Waals surface area contributed by atoms with E-state index in [9.17, 15) is 9.59 Å². The van der Waals surface area contributed by atoms with Gasteiger partial charge in [0.2, 0.25) is 0 Å². The lowest BCUT2D eigenvalue weighted by Crippen LogP contribution is -2.45. The quantitative estimate of drug-likeness (QED) is 0.804. The summed E-state index contributed by atoms with van der Waals surface area (Å²) in [4.78, 5) is 24.8. The Kier molecular flexibility index (Phi) is 3.21. The number of morpholine rings is 1. The Morgan fingerprint density at radius 1 is 1.21 bits per heavy atom. The number of carbonyl (C=O) groups is 2. The van der Waals surface area contributed by atoms with Gasteiger partial charge in [-0.15, -0.1) is 0 Å². The molecule has 19 heavy (non-hydrogen) atoms. The smallest absolute Gasteiger partial charge is 0.255 e. The van der Waals surface area contributed by atoms with Crippen LogP contribution in [-0.4, -0.2) is 36.5 Å². The number of anilines is 1. The summed E-state index contributed by atoms with van der Waals surface area (Å²) in [5.74, 6) is -0.519. The van der Waals surface area contributed by atoms with Gasteiger partial charge >= 0.3 is 0 Å².